The Hall–Kier alpha value is -0.540. The molecular formula is C16H27BrN2. The number of anilines is 1. The Morgan fingerprint density at radius 3 is 2.53 bits per heavy atom. The van der Waals surface area contributed by atoms with Gasteiger partial charge in [-0.25, -0.2) is 0 Å². The van der Waals surface area contributed by atoms with E-state index in [9.17, 15) is 0 Å². The summed E-state index contributed by atoms with van der Waals surface area (Å²) in [6, 6.07) is 7.28. The number of benzene rings is 1. The molecule has 2 nitrogen and oxygen atoms in total. The number of nitrogens with zero attached hydrogens (tertiary/aromatic N) is 1. The lowest BCUT2D eigenvalue weighted by atomic mass is 10.1. The van der Waals surface area contributed by atoms with Crippen LogP contribution in [0.1, 0.15) is 46.1 Å². The first-order valence-corrected chi connectivity index (χ1v) is 8.19. The van der Waals surface area contributed by atoms with Crippen molar-refractivity contribution in [1.82, 2.24) is 5.32 Å². The van der Waals surface area contributed by atoms with Crippen LogP contribution in [0.15, 0.2) is 22.7 Å². The Balaban J connectivity index is 2.80. The van der Waals surface area contributed by atoms with Gasteiger partial charge in [-0.05, 0) is 66.9 Å². The molecule has 0 aromatic heterocycles. The average molecular weight is 327 g/mol. The summed E-state index contributed by atoms with van der Waals surface area (Å²) in [6.45, 7) is 12.0. The first-order valence-electron chi connectivity index (χ1n) is 7.39. The number of halogens is 1. The SMILES string of the molecule is CCCNCc1ccc(N(CC)C(C)CC)c(Br)c1. The van der Waals surface area contributed by atoms with Gasteiger partial charge in [0, 0.05) is 23.6 Å². The van der Waals surface area contributed by atoms with Crippen molar-refractivity contribution >= 4 is 21.6 Å². The third-order valence-corrected chi connectivity index (χ3v) is 4.18. The molecule has 1 rings (SSSR count). The summed E-state index contributed by atoms with van der Waals surface area (Å²) in [5.74, 6) is 0. The molecule has 1 atom stereocenters. The highest BCUT2D eigenvalue weighted by molar-refractivity contribution is 9.10. The molecule has 0 spiro atoms. The monoisotopic (exact) mass is 326 g/mol. The lowest BCUT2D eigenvalue weighted by Crippen LogP contribution is -2.32. The van der Waals surface area contributed by atoms with E-state index in [2.05, 4.69) is 72.0 Å². The molecular weight excluding hydrogens is 300 g/mol. The maximum absolute atomic E-state index is 3.73. The van der Waals surface area contributed by atoms with Gasteiger partial charge in [-0.15, -0.1) is 0 Å². The molecule has 0 aliphatic rings. The van der Waals surface area contributed by atoms with Crippen molar-refractivity contribution in [2.45, 2.75) is 53.1 Å². The molecule has 0 bridgehead atoms. The van der Waals surface area contributed by atoms with Crippen LogP contribution in [-0.2, 0) is 6.54 Å². The Kier molecular flexibility index (Phi) is 7.47. The molecule has 0 heterocycles. The fourth-order valence-electron chi connectivity index (χ4n) is 2.24. The van der Waals surface area contributed by atoms with E-state index in [0.29, 0.717) is 6.04 Å². The van der Waals surface area contributed by atoms with E-state index in [0.717, 1.165) is 19.6 Å². The minimum Gasteiger partial charge on any atom is -0.368 e. The smallest absolute Gasteiger partial charge is 0.0513 e. The van der Waals surface area contributed by atoms with E-state index in [1.165, 1.54) is 28.6 Å². The van der Waals surface area contributed by atoms with Gasteiger partial charge in [-0.2, -0.15) is 0 Å². The van der Waals surface area contributed by atoms with Crippen molar-refractivity contribution in [3.63, 3.8) is 0 Å². The van der Waals surface area contributed by atoms with Crippen LogP contribution in [0.4, 0.5) is 5.69 Å². The van der Waals surface area contributed by atoms with Crippen molar-refractivity contribution in [3.8, 4) is 0 Å². The molecule has 1 aromatic rings. The molecule has 0 saturated heterocycles. The van der Waals surface area contributed by atoms with Crippen LogP contribution in [0.2, 0.25) is 0 Å². The second kappa shape index (κ2) is 8.60. The third kappa shape index (κ3) is 4.81. The molecule has 1 aromatic carbocycles. The van der Waals surface area contributed by atoms with Crippen LogP contribution in [-0.4, -0.2) is 19.1 Å². The highest BCUT2D eigenvalue weighted by atomic mass is 79.9. The van der Waals surface area contributed by atoms with Crippen molar-refractivity contribution in [2.24, 2.45) is 0 Å². The zero-order valence-electron chi connectivity index (χ0n) is 12.7. The first-order chi connectivity index (χ1) is 9.13. The highest BCUT2D eigenvalue weighted by Gasteiger charge is 2.13. The van der Waals surface area contributed by atoms with Gasteiger partial charge in [0.05, 0.1) is 5.69 Å². The second-order valence-electron chi connectivity index (χ2n) is 5.01. The molecule has 0 radical (unpaired) electrons. The zero-order chi connectivity index (χ0) is 14.3. The maximum atomic E-state index is 3.73. The van der Waals surface area contributed by atoms with Gasteiger partial charge < -0.3 is 10.2 Å². The minimum atomic E-state index is 0.574. The molecule has 3 heteroatoms. The van der Waals surface area contributed by atoms with Gasteiger partial charge in [0.1, 0.15) is 0 Å². The van der Waals surface area contributed by atoms with Crippen LogP contribution in [0, 0.1) is 0 Å². The Bertz CT molecular complexity index is 379. The first kappa shape index (κ1) is 16.5. The van der Waals surface area contributed by atoms with Crippen LogP contribution in [0.3, 0.4) is 0 Å². The van der Waals surface area contributed by atoms with E-state index in [-0.39, 0.29) is 0 Å². The largest absolute Gasteiger partial charge is 0.368 e. The van der Waals surface area contributed by atoms with Gasteiger partial charge in [0.2, 0.25) is 0 Å². The van der Waals surface area contributed by atoms with Gasteiger partial charge in [-0.3, -0.25) is 0 Å². The Morgan fingerprint density at radius 1 is 1.26 bits per heavy atom. The fourth-order valence-corrected chi connectivity index (χ4v) is 2.90. The predicted octanol–water partition coefficient (Wildman–Crippen LogP) is 4.57. The lowest BCUT2D eigenvalue weighted by molar-refractivity contribution is 0.628. The number of hydrogen-bond acceptors (Lipinski definition) is 2. The zero-order valence-corrected chi connectivity index (χ0v) is 14.3. The maximum Gasteiger partial charge on any atom is 0.0513 e. The molecule has 0 aliphatic carbocycles. The van der Waals surface area contributed by atoms with Crippen molar-refractivity contribution < 1.29 is 0 Å². The fraction of sp³-hybridized carbons (Fsp3) is 0.625. The van der Waals surface area contributed by atoms with Crippen LogP contribution in [0.25, 0.3) is 0 Å². The van der Waals surface area contributed by atoms with Crippen LogP contribution >= 0.6 is 15.9 Å². The summed E-state index contributed by atoms with van der Waals surface area (Å²) in [5.41, 5.74) is 2.64. The molecule has 0 fully saturated rings. The second-order valence-corrected chi connectivity index (χ2v) is 5.86. The molecule has 0 saturated carbocycles. The minimum absolute atomic E-state index is 0.574. The predicted molar refractivity (Wildman–Crippen MR) is 88.9 cm³/mol. The highest BCUT2D eigenvalue weighted by Crippen LogP contribution is 2.29. The van der Waals surface area contributed by atoms with Gasteiger partial charge in [0.15, 0.2) is 0 Å². The van der Waals surface area contributed by atoms with E-state index < -0.39 is 0 Å². The van der Waals surface area contributed by atoms with E-state index in [4.69, 9.17) is 0 Å². The van der Waals surface area contributed by atoms with Crippen LogP contribution in [0.5, 0.6) is 0 Å². The summed E-state index contributed by atoms with van der Waals surface area (Å²) in [7, 11) is 0. The van der Waals surface area contributed by atoms with Gasteiger partial charge in [-0.1, -0.05) is 19.9 Å². The molecule has 0 aliphatic heterocycles. The third-order valence-electron chi connectivity index (χ3n) is 3.54. The lowest BCUT2D eigenvalue weighted by Gasteiger charge is -2.30. The van der Waals surface area contributed by atoms with Gasteiger partial charge >= 0.3 is 0 Å². The van der Waals surface area contributed by atoms with Crippen molar-refractivity contribution in [3.05, 3.63) is 28.2 Å². The van der Waals surface area contributed by atoms with E-state index >= 15 is 0 Å². The Morgan fingerprint density at radius 2 is 2.00 bits per heavy atom. The average Bonchev–Trinajstić information content (AvgIpc) is 2.41. The quantitative estimate of drug-likeness (QED) is 0.704. The summed E-state index contributed by atoms with van der Waals surface area (Å²) in [4.78, 5) is 2.45. The standard InChI is InChI=1S/C16H27BrN2/c1-5-10-18-12-14-8-9-16(15(17)11-14)19(7-3)13(4)6-2/h8-9,11,13,18H,5-7,10,12H2,1-4H3. The molecule has 1 N–H and O–H groups in total. The Labute approximate surface area is 126 Å². The molecule has 1 unspecified atom stereocenters. The molecule has 108 valence electrons. The summed E-state index contributed by atoms with van der Waals surface area (Å²) < 4.78 is 1.20. The number of rotatable bonds is 8. The summed E-state index contributed by atoms with van der Waals surface area (Å²) in [6.07, 6.45) is 2.34. The topological polar surface area (TPSA) is 15.3 Å². The van der Waals surface area contributed by atoms with Gasteiger partial charge in [0.25, 0.3) is 0 Å². The summed E-state index contributed by atoms with van der Waals surface area (Å²) >= 11 is 3.73. The van der Waals surface area contributed by atoms with E-state index in [1.807, 2.05) is 0 Å². The van der Waals surface area contributed by atoms with E-state index in [1.54, 1.807) is 0 Å². The number of hydrogen-bond donors (Lipinski definition) is 1. The molecule has 19 heavy (non-hydrogen) atoms. The van der Waals surface area contributed by atoms with Crippen LogP contribution < -0.4 is 10.2 Å². The number of nitrogens with one attached hydrogen (secondary N) is 1. The van der Waals surface area contributed by atoms with Crippen molar-refractivity contribution in [2.75, 3.05) is 18.0 Å². The normalized spacial score (nSPS) is 12.5. The summed E-state index contributed by atoms with van der Waals surface area (Å²) in [5, 5.41) is 3.44. The van der Waals surface area contributed by atoms with Crippen molar-refractivity contribution in [1.29, 1.82) is 0 Å². The molecule has 0 amide bonds.